The van der Waals surface area contributed by atoms with E-state index in [-0.39, 0.29) is 19.4 Å². The SMILES string of the molecule is CCCCCCCCCCCCCCCCCCCCCCCCOC(=O)NC(CNC1CC=CCC(O)C(O)C1O)C(O)CC(O)CC. The second-order valence-corrected chi connectivity index (χ2v) is 14.7. The normalized spacial score (nSPS) is 21.5. The molecule has 1 amide bonds. The predicted octanol–water partition coefficient (Wildman–Crippen LogP) is 7.60. The van der Waals surface area contributed by atoms with E-state index in [1.54, 1.807) is 6.08 Å². The van der Waals surface area contributed by atoms with E-state index in [1.165, 1.54) is 122 Å². The molecule has 7 unspecified atom stereocenters. The van der Waals surface area contributed by atoms with E-state index < -0.39 is 48.7 Å². The number of amides is 1. The number of alkyl carbamates (subject to hydrolysis) is 1. The van der Waals surface area contributed by atoms with Gasteiger partial charge in [0.05, 0.1) is 37.1 Å². The van der Waals surface area contributed by atoms with Gasteiger partial charge in [0.2, 0.25) is 0 Å². The van der Waals surface area contributed by atoms with Gasteiger partial charge in [-0.25, -0.2) is 4.79 Å². The van der Waals surface area contributed by atoms with Crippen LogP contribution in [-0.2, 0) is 4.74 Å². The third-order valence-corrected chi connectivity index (χ3v) is 10.2. The summed E-state index contributed by atoms with van der Waals surface area (Å²) in [7, 11) is 0. The minimum absolute atomic E-state index is 0.0804. The fraction of sp³-hybridized carbons (Fsp3) is 0.925. The summed E-state index contributed by atoms with van der Waals surface area (Å²) >= 11 is 0. The minimum atomic E-state index is -1.32. The van der Waals surface area contributed by atoms with Crippen LogP contribution in [0.1, 0.15) is 181 Å². The predicted molar refractivity (Wildman–Crippen MR) is 201 cm³/mol. The van der Waals surface area contributed by atoms with Crippen LogP contribution in [0.5, 0.6) is 0 Å². The summed E-state index contributed by atoms with van der Waals surface area (Å²) in [6, 6.07) is -1.36. The first kappa shape index (κ1) is 45.8. The number of ether oxygens (including phenoxy) is 1. The summed E-state index contributed by atoms with van der Waals surface area (Å²) in [6.07, 6.45) is 27.9. The molecule has 9 heteroatoms. The molecule has 0 spiro atoms. The molecule has 1 aliphatic rings. The lowest BCUT2D eigenvalue weighted by Crippen LogP contribution is -2.56. The molecule has 0 aliphatic heterocycles. The molecular weight excluding hydrogens is 620 g/mol. The van der Waals surface area contributed by atoms with Crippen molar-refractivity contribution in [3.8, 4) is 0 Å². The third kappa shape index (κ3) is 24.6. The molecule has 7 N–H and O–H groups in total. The first-order valence-corrected chi connectivity index (χ1v) is 20.5. The summed E-state index contributed by atoms with van der Waals surface area (Å²) in [5.74, 6) is 0. The highest BCUT2D eigenvalue weighted by Crippen LogP contribution is 2.17. The van der Waals surface area contributed by atoms with E-state index >= 15 is 0 Å². The van der Waals surface area contributed by atoms with Crippen molar-refractivity contribution in [1.82, 2.24) is 10.6 Å². The van der Waals surface area contributed by atoms with Crippen molar-refractivity contribution in [1.29, 1.82) is 0 Å². The quantitative estimate of drug-likeness (QED) is 0.0289. The van der Waals surface area contributed by atoms with Gasteiger partial charge in [0.15, 0.2) is 0 Å². The summed E-state index contributed by atoms with van der Waals surface area (Å²) in [4.78, 5) is 12.6. The summed E-state index contributed by atoms with van der Waals surface area (Å²) in [5.41, 5.74) is 0. The Morgan fingerprint density at radius 2 is 1.12 bits per heavy atom. The van der Waals surface area contributed by atoms with Gasteiger partial charge in [-0.2, -0.15) is 0 Å². The molecule has 0 bridgehead atoms. The van der Waals surface area contributed by atoms with Gasteiger partial charge in [-0.3, -0.25) is 0 Å². The largest absolute Gasteiger partial charge is 0.450 e. The van der Waals surface area contributed by atoms with E-state index in [9.17, 15) is 30.3 Å². The van der Waals surface area contributed by atoms with Crippen molar-refractivity contribution in [3.05, 3.63) is 12.2 Å². The highest BCUT2D eigenvalue weighted by atomic mass is 16.5. The molecule has 1 aliphatic carbocycles. The van der Waals surface area contributed by atoms with Crippen LogP contribution in [0.4, 0.5) is 4.79 Å². The highest BCUT2D eigenvalue weighted by Gasteiger charge is 2.33. The lowest BCUT2D eigenvalue weighted by Gasteiger charge is -2.33. The van der Waals surface area contributed by atoms with Crippen LogP contribution in [0.25, 0.3) is 0 Å². The summed E-state index contributed by atoms with van der Waals surface area (Å²) in [6.45, 7) is 4.49. The maximum Gasteiger partial charge on any atom is 0.407 e. The number of carbonyl (C=O) groups is 1. The van der Waals surface area contributed by atoms with E-state index in [0.29, 0.717) is 19.4 Å². The zero-order chi connectivity index (χ0) is 36.0. The van der Waals surface area contributed by atoms with Gasteiger partial charge in [0.1, 0.15) is 6.10 Å². The van der Waals surface area contributed by atoms with E-state index in [4.69, 9.17) is 4.74 Å². The number of hydrogen-bond donors (Lipinski definition) is 7. The van der Waals surface area contributed by atoms with Crippen LogP contribution in [0, 0.1) is 0 Å². The van der Waals surface area contributed by atoms with Gasteiger partial charge in [0.25, 0.3) is 0 Å². The molecule has 9 nitrogen and oxygen atoms in total. The van der Waals surface area contributed by atoms with E-state index in [2.05, 4.69) is 17.6 Å². The number of carbonyl (C=O) groups excluding carboxylic acids is 1. The molecule has 7 atom stereocenters. The minimum Gasteiger partial charge on any atom is -0.450 e. The molecule has 290 valence electrons. The molecule has 0 aromatic carbocycles. The first-order valence-electron chi connectivity index (χ1n) is 20.5. The van der Waals surface area contributed by atoms with Crippen LogP contribution in [-0.4, -0.2) is 87.4 Å². The van der Waals surface area contributed by atoms with E-state index in [1.807, 2.05) is 13.0 Å². The average molecular weight is 699 g/mol. The highest BCUT2D eigenvalue weighted by molar-refractivity contribution is 5.67. The fourth-order valence-electron chi connectivity index (χ4n) is 6.67. The smallest absolute Gasteiger partial charge is 0.407 e. The van der Waals surface area contributed by atoms with Gasteiger partial charge >= 0.3 is 6.09 Å². The Balaban J connectivity index is 2.09. The molecule has 1 rings (SSSR count). The van der Waals surface area contributed by atoms with Crippen molar-refractivity contribution in [2.45, 2.75) is 223 Å². The van der Waals surface area contributed by atoms with Gasteiger partial charge in [0, 0.05) is 19.0 Å². The standard InChI is InChI=1S/C40H78N2O7/c1-3-5-6-7-8-9-10-11-12-13-14-15-16-17-18-19-20-21-22-23-24-27-30-49-40(48)42-35(37(45)31-33(43)4-2)32-41-34-28-25-26-29-36(44)39(47)38(34)46/h25-26,33-39,41,43-47H,3-24,27-32H2,1-2H3,(H,42,48). The second kappa shape index (κ2) is 31.5. The number of aliphatic hydroxyl groups is 5. The monoisotopic (exact) mass is 699 g/mol. The van der Waals surface area contributed by atoms with Crippen LogP contribution < -0.4 is 10.6 Å². The molecule has 0 saturated carbocycles. The fourth-order valence-corrected chi connectivity index (χ4v) is 6.67. The van der Waals surface area contributed by atoms with Crippen LogP contribution in [0.2, 0.25) is 0 Å². The lowest BCUT2D eigenvalue weighted by atomic mass is 9.93. The Kier molecular flexibility index (Phi) is 29.4. The van der Waals surface area contributed by atoms with Crippen LogP contribution in [0.15, 0.2) is 12.2 Å². The van der Waals surface area contributed by atoms with Crippen molar-refractivity contribution < 1.29 is 35.1 Å². The van der Waals surface area contributed by atoms with E-state index in [0.717, 1.165) is 19.3 Å². The molecular formula is C40H78N2O7. The summed E-state index contributed by atoms with van der Waals surface area (Å²) in [5, 5.41) is 57.5. The van der Waals surface area contributed by atoms with Gasteiger partial charge in [-0.15, -0.1) is 0 Å². The molecule has 49 heavy (non-hydrogen) atoms. The number of rotatable bonds is 31. The lowest BCUT2D eigenvalue weighted by molar-refractivity contribution is -0.0723. The maximum atomic E-state index is 12.6. The zero-order valence-corrected chi connectivity index (χ0v) is 31.5. The number of aliphatic hydroxyl groups excluding tert-OH is 5. The van der Waals surface area contributed by atoms with Crippen molar-refractivity contribution in [3.63, 3.8) is 0 Å². The van der Waals surface area contributed by atoms with Crippen molar-refractivity contribution in [2.24, 2.45) is 0 Å². The molecule has 0 heterocycles. The van der Waals surface area contributed by atoms with Gasteiger partial charge in [-0.05, 0) is 25.7 Å². The second-order valence-electron chi connectivity index (χ2n) is 14.7. The van der Waals surface area contributed by atoms with Crippen LogP contribution >= 0.6 is 0 Å². The Morgan fingerprint density at radius 3 is 1.59 bits per heavy atom. The third-order valence-electron chi connectivity index (χ3n) is 10.2. The summed E-state index contributed by atoms with van der Waals surface area (Å²) < 4.78 is 5.39. The first-order chi connectivity index (χ1) is 23.8. The molecule has 0 aromatic heterocycles. The molecule has 0 saturated heterocycles. The molecule has 0 radical (unpaired) electrons. The molecule has 0 aromatic rings. The maximum absolute atomic E-state index is 12.6. The Morgan fingerprint density at radius 1 is 0.673 bits per heavy atom. The zero-order valence-electron chi connectivity index (χ0n) is 31.5. The van der Waals surface area contributed by atoms with Crippen LogP contribution in [0.3, 0.4) is 0 Å². The number of hydrogen-bond acceptors (Lipinski definition) is 8. The van der Waals surface area contributed by atoms with Gasteiger partial charge < -0.3 is 40.9 Å². The number of unbranched alkanes of at least 4 members (excludes halogenated alkanes) is 21. The number of nitrogens with one attached hydrogen (secondary N) is 2. The van der Waals surface area contributed by atoms with Crippen molar-refractivity contribution in [2.75, 3.05) is 13.2 Å². The Bertz CT molecular complexity index is 786. The Hall–Kier alpha value is -1.23. The topological polar surface area (TPSA) is 152 Å². The van der Waals surface area contributed by atoms with Crippen molar-refractivity contribution >= 4 is 6.09 Å². The van der Waals surface area contributed by atoms with Gasteiger partial charge in [-0.1, -0.05) is 161 Å². The molecule has 0 fully saturated rings. The average Bonchev–Trinajstić information content (AvgIpc) is 3.09. The Labute approximate surface area is 300 Å².